The van der Waals surface area contributed by atoms with E-state index in [0.717, 1.165) is 35.0 Å². The van der Waals surface area contributed by atoms with Gasteiger partial charge < -0.3 is 29.0 Å². The van der Waals surface area contributed by atoms with Gasteiger partial charge in [-0.05, 0) is 48.7 Å². The summed E-state index contributed by atoms with van der Waals surface area (Å²) in [6.45, 7) is 1.98. The first kappa shape index (κ1) is 24.3. The number of fused-ring (bicyclic) bond motifs is 3. The number of rotatable bonds is 6. The molecule has 9 nitrogen and oxygen atoms in total. The Morgan fingerprint density at radius 1 is 1.16 bits per heavy atom. The van der Waals surface area contributed by atoms with Crippen LogP contribution in [0.1, 0.15) is 30.0 Å². The standard InChI is InChI=1S/C26H23F3N4O5/c27-26(28,29)37-18-10-16(9-17(13-18)33-5-7-36-8-6-33)25-31-24(32-38-25)15-2-4-21-20(11-15)19-3-1-14(12-22(34)35)23(19)30-21/h2,4,9-11,13-14,30H,1,3,5-8,12H2,(H,34,35). The minimum absolute atomic E-state index is 0.0537. The van der Waals surface area contributed by atoms with Gasteiger partial charge in [0.15, 0.2) is 0 Å². The van der Waals surface area contributed by atoms with E-state index in [0.29, 0.717) is 43.1 Å². The number of nitrogens with zero attached hydrogens (tertiary/aromatic N) is 3. The van der Waals surface area contributed by atoms with Crippen LogP contribution >= 0.6 is 0 Å². The minimum Gasteiger partial charge on any atom is -0.481 e. The van der Waals surface area contributed by atoms with E-state index in [9.17, 15) is 23.1 Å². The zero-order valence-electron chi connectivity index (χ0n) is 20.0. The number of H-pyrrole nitrogens is 1. The first-order valence-corrected chi connectivity index (χ1v) is 12.2. The fourth-order valence-corrected chi connectivity index (χ4v) is 5.26. The first-order chi connectivity index (χ1) is 18.2. The molecule has 2 N–H and O–H groups in total. The van der Waals surface area contributed by atoms with Gasteiger partial charge in [-0.25, -0.2) is 0 Å². The molecule has 2 aromatic heterocycles. The third-order valence-electron chi connectivity index (χ3n) is 6.94. The van der Waals surface area contributed by atoms with Crippen LogP contribution in [0, 0.1) is 0 Å². The first-order valence-electron chi connectivity index (χ1n) is 12.2. The molecule has 0 radical (unpaired) electrons. The lowest BCUT2D eigenvalue weighted by Crippen LogP contribution is -2.36. The van der Waals surface area contributed by atoms with E-state index in [1.165, 1.54) is 12.1 Å². The van der Waals surface area contributed by atoms with Crippen LogP contribution in [0.15, 0.2) is 40.9 Å². The van der Waals surface area contributed by atoms with E-state index in [-0.39, 0.29) is 29.8 Å². The number of morpholine rings is 1. The lowest BCUT2D eigenvalue weighted by atomic mass is 10.0. The smallest absolute Gasteiger partial charge is 0.481 e. The molecular formula is C26H23F3N4O5. The lowest BCUT2D eigenvalue weighted by Gasteiger charge is -2.29. The number of nitrogens with one attached hydrogen (secondary N) is 1. The SMILES string of the molecule is O=C(O)CC1CCc2c1[nH]c1ccc(-c3noc(-c4cc(OC(F)(F)F)cc(N5CCOCC5)c4)n3)cc21. The Morgan fingerprint density at radius 2 is 1.97 bits per heavy atom. The number of benzene rings is 2. The van der Waals surface area contributed by atoms with Crippen molar-refractivity contribution in [3.63, 3.8) is 0 Å². The van der Waals surface area contributed by atoms with Crippen molar-refractivity contribution < 1.29 is 37.1 Å². The van der Waals surface area contributed by atoms with Gasteiger partial charge in [-0.1, -0.05) is 5.16 Å². The molecule has 198 valence electrons. The molecule has 0 bridgehead atoms. The summed E-state index contributed by atoms with van der Waals surface area (Å²) in [5.74, 6) is -0.920. The summed E-state index contributed by atoms with van der Waals surface area (Å²) in [7, 11) is 0. The molecule has 38 heavy (non-hydrogen) atoms. The second-order valence-corrected chi connectivity index (χ2v) is 9.40. The lowest BCUT2D eigenvalue weighted by molar-refractivity contribution is -0.274. The van der Waals surface area contributed by atoms with Crippen molar-refractivity contribution in [1.82, 2.24) is 15.1 Å². The Balaban J connectivity index is 1.33. The molecule has 1 saturated heterocycles. The van der Waals surface area contributed by atoms with Gasteiger partial charge in [-0.15, -0.1) is 13.2 Å². The highest BCUT2D eigenvalue weighted by atomic mass is 19.4. The number of ether oxygens (including phenoxy) is 2. The maximum atomic E-state index is 13.0. The number of carboxylic acid groups (broad SMARTS) is 1. The van der Waals surface area contributed by atoms with Gasteiger partial charge in [0.05, 0.1) is 19.6 Å². The molecule has 1 unspecified atom stereocenters. The van der Waals surface area contributed by atoms with Crippen LogP contribution in [0.3, 0.4) is 0 Å². The number of aromatic amines is 1. The number of carboxylic acids is 1. The number of alkyl halides is 3. The Morgan fingerprint density at radius 3 is 2.74 bits per heavy atom. The van der Waals surface area contributed by atoms with Crippen molar-refractivity contribution >= 4 is 22.6 Å². The third-order valence-corrected chi connectivity index (χ3v) is 6.94. The van der Waals surface area contributed by atoms with Gasteiger partial charge >= 0.3 is 12.3 Å². The van der Waals surface area contributed by atoms with Crippen LogP contribution in [-0.4, -0.2) is 58.9 Å². The van der Waals surface area contributed by atoms with Crippen LogP contribution in [0.5, 0.6) is 5.75 Å². The predicted octanol–water partition coefficient (Wildman–Crippen LogP) is 5.12. The van der Waals surface area contributed by atoms with Gasteiger partial charge in [-0.3, -0.25) is 4.79 Å². The molecule has 1 fully saturated rings. The fraction of sp³-hybridized carbons (Fsp3) is 0.346. The van der Waals surface area contributed by atoms with Crippen molar-refractivity contribution in [1.29, 1.82) is 0 Å². The maximum Gasteiger partial charge on any atom is 0.573 e. The van der Waals surface area contributed by atoms with Crippen LogP contribution < -0.4 is 9.64 Å². The Bertz CT molecular complexity index is 1510. The topological polar surface area (TPSA) is 114 Å². The number of aryl methyl sites for hydroxylation is 1. The number of hydrogen-bond donors (Lipinski definition) is 2. The molecule has 0 amide bonds. The van der Waals surface area contributed by atoms with Crippen LogP contribution in [0.25, 0.3) is 33.7 Å². The van der Waals surface area contributed by atoms with Gasteiger partial charge in [0.25, 0.3) is 5.89 Å². The third kappa shape index (κ3) is 4.78. The van der Waals surface area contributed by atoms with Crippen LogP contribution in [-0.2, 0) is 16.0 Å². The summed E-state index contributed by atoms with van der Waals surface area (Å²) in [4.78, 5) is 21.0. The zero-order valence-corrected chi connectivity index (χ0v) is 20.0. The monoisotopic (exact) mass is 528 g/mol. The van der Waals surface area contributed by atoms with E-state index in [2.05, 4.69) is 19.9 Å². The van der Waals surface area contributed by atoms with Gasteiger partial charge in [-0.2, -0.15) is 4.98 Å². The molecule has 2 aliphatic rings. The maximum absolute atomic E-state index is 13.0. The Hall–Kier alpha value is -4.06. The second-order valence-electron chi connectivity index (χ2n) is 9.40. The molecule has 0 spiro atoms. The Labute approximate surface area is 214 Å². The molecule has 12 heteroatoms. The average Bonchev–Trinajstić information content (AvgIpc) is 3.59. The highest BCUT2D eigenvalue weighted by molar-refractivity contribution is 5.89. The zero-order chi connectivity index (χ0) is 26.4. The number of hydrogen-bond acceptors (Lipinski definition) is 7. The molecule has 1 aliphatic carbocycles. The number of aromatic nitrogens is 3. The van der Waals surface area contributed by atoms with Gasteiger partial charge in [0.1, 0.15) is 5.75 Å². The van der Waals surface area contributed by atoms with Gasteiger partial charge in [0.2, 0.25) is 5.82 Å². The highest BCUT2D eigenvalue weighted by Crippen LogP contribution is 2.40. The molecule has 3 heterocycles. The summed E-state index contributed by atoms with van der Waals surface area (Å²) >= 11 is 0. The molecular weight excluding hydrogens is 505 g/mol. The number of carbonyl (C=O) groups is 1. The van der Waals surface area contributed by atoms with Gasteiger partial charge in [0, 0.05) is 58.5 Å². The van der Waals surface area contributed by atoms with Crippen LogP contribution in [0.2, 0.25) is 0 Å². The molecule has 2 aromatic carbocycles. The molecule has 0 saturated carbocycles. The highest BCUT2D eigenvalue weighted by Gasteiger charge is 2.32. The number of halogens is 3. The number of aliphatic carboxylic acids is 1. The summed E-state index contributed by atoms with van der Waals surface area (Å²) in [5.41, 5.74) is 4.43. The van der Waals surface area contributed by atoms with Crippen LogP contribution in [0.4, 0.5) is 18.9 Å². The predicted molar refractivity (Wildman–Crippen MR) is 130 cm³/mol. The molecule has 4 aromatic rings. The average molecular weight is 528 g/mol. The van der Waals surface area contributed by atoms with Crippen molar-refractivity contribution in [2.75, 3.05) is 31.2 Å². The Kier molecular flexibility index (Phi) is 5.98. The van der Waals surface area contributed by atoms with E-state index in [1.807, 2.05) is 23.1 Å². The van der Waals surface area contributed by atoms with Crippen molar-refractivity contribution in [3.05, 3.63) is 47.7 Å². The number of anilines is 1. The summed E-state index contributed by atoms with van der Waals surface area (Å²) in [6.07, 6.45) is -3.24. The molecule has 1 atom stereocenters. The molecule has 6 rings (SSSR count). The second kappa shape index (κ2) is 9.35. The van der Waals surface area contributed by atoms with E-state index >= 15 is 0 Å². The normalized spacial score (nSPS) is 17.7. The van der Waals surface area contributed by atoms with Crippen molar-refractivity contribution in [2.24, 2.45) is 0 Å². The quantitative estimate of drug-likeness (QED) is 0.354. The van der Waals surface area contributed by atoms with E-state index in [4.69, 9.17) is 9.26 Å². The summed E-state index contributed by atoms with van der Waals surface area (Å²) in [5, 5.41) is 14.3. The largest absolute Gasteiger partial charge is 0.573 e. The van der Waals surface area contributed by atoms with Crippen molar-refractivity contribution in [2.45, 2.75) is 31.5 Å². The molecule has 1 aliphatic heterocycles. The summed E-state index contributed by atoms with van der Waals surface area (Å²) < 4.78 is 54.1. The van der Waals surface area contributed by atoms with E-state index in [1.54, 1.807) is 6.07 Å². The van der Waals surface area contributed by atoms with Crippen molar-refractivity contribution in [3.8, 4) is 28.6 Å². The van der Waals surface area contributed by atoms with E-state index < -0.39 is 12.3 Å². The fourth-order valence-electron chi connectivity index (χ4n) is 5.26. The minimum atomic E-state index is -4.85. The summed E-state index contributed by atoms with van der Waals surface area (Å²) in [6, 6.07) is 9.86.